The lowest BCUT2D eigenvalue weighted by atomic mass is 10.0. The molecule has 0 bridgehead atoms. The van der Waals surface area contributed by atoms with Crippen LogP contribution >= 0.6 is 0 Å². The Morgan fingerprint density at radius 1 is 1.05 bits per heavy atom. The predicted molar refractivity (Wildman–Crippen MR) is 87.0 cm³/mol. The van der Waals surface area contributed by atoms with E-state index in [2.05, 4.69) is 6.92 Å². The summed E-state index contributed by atoms with van der Waals surface area (Å²) in [7, 11) is 0. The number of hydrogen-bond donors (Lipinski definition) is 1. The zero-order valence-corrected chi connectivity index (χ0v) is 12.8. The number of benzene rings is 2. The van der Waals surface area contributed by atoms with E-state index in [1.54, 1.807) is 6.07 Å². The van der Waals surface area contributed by atoms with Gasteiger partial charge in [0.2, 0.25) is 0 Å². The fraction of sp³-hybridized carbons (Fsp3) is 0.333. The number of carbonyl (C=O) groups is 2. The molecule has 22 heavy (non-hydrogen) atoms. The van der Waals surface area contributed by atoms with Gasteiger partial charge in [0.25, 0.3) is 5.91 Å². The molecule has 1 N–H and O–H groups in total. The number of carboxylic acid groups (broad SMARTS) is 1. The smallest absolute Gasteiger partial charge is 0.323 e. The van der Waals surface area contributed by atoms with Crippen LogP contribution in [0.3, 0.4) is 0 Å². The van der Waals surface area contributed by atoms with Gasteiger partial charge in [-0.3, -0.25) is 9.59 Å². The average molecular weight is 299 g/mol. The van der Waals surface area contributed by atoms with Crippen LogP contribution < -0.4 is 0 Å². The van der Waals surface area contributed by atoms with E-state index >= 15 is 0 Å². The lowest BCUT2D eigenvalue weighted by molar-refractivity contribution is -0.137. The number of nitrogens with zero attached hydrogens (tertiary/aromatic N) is 1. The molecule has 0 fully saturated rings. The molecule has 116 valence electrons. The Morgan fingerprint density at radius 2 is 1.77 bits per heavy atom. The summed E-state index contributed by atoms with van der Waals surface area (Å²) in [5.74, 6) is -1.19. The highest BCUT2D eigenvalue weighted by molar-refractivity contribution is 6.07. The number of hydrogen-bond acceptors (Lipinski definition) is 2. The van der Waals surface area contributed by atoms with Crippen LogP contribution in [-0.2, 0) is 4.79 Å². The van der Waals surface area contributed by atoms with Crippen molar-refractivity contribution in [2.45, 2.75) is 26.2 Å². The lowest BCUT2D eigenvalue weighted by Gasteiger charge is -2.21. The molecule has 4 heteroatoms. The van der Waals surface area contributed by atoms with Gasteiger partial charge < -0.3 is 10.0 Å². The summed E-state index contributed by atoms with van der Waals surface area (Å²) in [6, 6.07) is 13.2. The Morgan fingerprint density at radius 3 is 2.50 bits per heavy atom. The highest BCUT2D eigenvalue weighted by Gasteiger charge is 2.19. The van der Waals surface area contributed by atoms with E-state index in [-0.39, 0.29) is 12.5 Å². The standard InChI is InChI=1S/C18H21NO3/c1-2-3-6-12-19(13-17(20)21)18(22)16-11-7-9-14-8-4-5-10-15(14)16/h4-5,7-11H,2-3,6,12-13H2,1H3,(H,20,21). The Balaban J connectivity index is 2.29. The Kier molecular flexibility index (Phi) is 5.53. The van der Waals surface area contributed by atoms with Crippen molar-refractivity contribution in [2.75, 3.05) is 13.1 Å². The second kappa shape index (κ2) is 7.59. The molecule has 0 heterocycles. The van der Waals surface area contributed by atoms with Crippen LogP contribution in [0.15, 0.2) is 42.5 Å². The quantitative estimate of drug-likeness (QED) is 0.795. The number of rotatable bonds is 7. The molecule has 0 spiro atoms. The molecule has 1 amide bonds. The van der Waals surface area contributed by atoms with Crippen LogP contribution in [0.2, 0.25) is 0 Å². The van der Waals surface area contributed by atoms with Crippen LogP contribution in [0.25, 0.3) is 10.8 Å². The van der Waals surface area contributed by atoms with Crippen molar-refractivity contribution in [3.05, 3.63) is 48.0 Å². The second-order valence-corrected chi connectivity index (χ2v) is 5.35. The van der Waals surface area contributed by atoms with Gasteiger partial charge in [-0.2, -0.15) is 0 Å². The Labute approximate surface area is 130 Å². The molecular formula is C18H21NO3. The summed E-state index contributed by atoms with van der Waals surface area (Å²) in [6.07, 6.45) is 2.84. The van der Waals surface area contributed by atoms with E-state index in [1.807, 2.05) is 36.4 Å². The van der Waals surface area contributed by atoms with E-state index in [9.17, 15) is 9.59 Å². The van der Waals surface area contributed by atoms with Crippen molar-refractivity contribution in [3.63, 3.8) is 0 Å². The van der Waals surface area contributed by atoms with Crippen molar-refractivity contribution in [1.82, 2.24) is 4.90 Å². The number of carboxylic acids is 1. The molecule has 2 aromatic carbocycles. The summed E-state index contributed by atoms with van der Waals surface area (Å²) in [6.45, 7) is 2.29. The zero-order chi connectivity index (χ0) is 15.9. The van der Waals surface area contributed by atoms with Crippen LogP contribution in [0, 0.1) is 0 Å². The minimum atomic E-state index is -0.981. The molecule has 2 aromatic rings. The lowest BCUT2D eigenvalue weighted by Crippen LogP contribution is -2.36. The highest BCUT2D eigenvalue weighted by Crippen LogP contribution is 2.20. The normalized spacial score (nSPS) is 10.6. The molecule has 2 rings (SSSR count). The second-order valence-electron chi connectivity index (χ2n) is 5.35. The van der Waals surface area contributed by atoms with E-state index in [4.69, 9.17) is 5.11 Å². The van der Waals surface area contributed by atoms with Crippen molar-refractivity contribution >= 4 is 22.6 Å². The molecule has 0 aliphatic carbocycles. The molecular weight excluding hydrogens is 278 g/mol. The summed E-state index contributed by atoms with van der Waals surface area (Å²) >= 11 is 0. The first kappa shape index (κ1) is 16.0. The molecule has 0 unspecified atom stereocenters. The van der Waals surface area contributed by atoms with Gasteiger partial charge in [-0.1, -0.05) is 56.2 Å². The minimum Gasteiger partial charge on any atom is -0.480 e. The first-order chi connectivity index (χ1) is 10.6. The van der Waals surface area contributed by atoms with Gasteiger partial charge in [-0.05, 0) is 23.3 Å². The molecule has 0 saturated carbocycles. The molecule has 0 aromatic heterocycles. The summed E-state index contributed by atoms with van der Waals surface area (Å²) in [4.78, 5) is 25.2. The maximum atomic E-state index is 12.8. The first-order valence-electron chi connectivity index (χ1n) is 7.62. The van der Waals surface area contributed by atoms with Crippen molar-refractivity contribution < 1.29 is 14.7 Å². The van der Waals surface area contributed by atoms with Crippen LogP contribution in [0.1, 0.15) is 36.5 Å². The summed E-state index contributed by atoms with van der Waals surface area (Å²) in [5, 5.41) is 10.9. The largest absolute Gasteiger partial charge is 0.480 e. The van der Waals surface area contributed by atoms with Crippen molar-refractivity contribution in [1.29, 1.82) is 0 Å². The third kappa shape index (κ3) is 3.85. The van der Waals surface area contributed by atoms with Crippen LogP contribution in [-0.4, -0.2) is 35.0 Å². The monoisotopic (exact) mass is 299 g/mol. The molecule has 0 aliphatic heterocycles. The van der Waals surface area contributed by atoms with Gasteiger partial charge in [0, 0.05) is 12.1 Å². The van der Waals surface area contributed by atoms with Crippen molar-refractivity contribution in [3.8, 4) is 0 Å². The molecule has 4 nitrogen and oxygen atoms in total. The highest BCUT2D eigenvalue weighted by atomic mass is 16.4. The van der Waals surface area contributed by atoms with E-state index < -0.39 is 5.97 Å². The van der Waals surface area contributed by atoms with Crippen molar-refractivity contribution in [2.24, 2.45) is 0 Å². The van der Waals surface area contributed by atoms with Gasteiger partial charge in [-0.25, -0.2) is 0 Å². The third-order valence-electron chi connectivity index (χ3n) is 3.66. The molecule has 0 atom stereocenters. The molecule has 0 radical (unpaired) electrons. The van der Waals surface area contributed by atoms with Crippen LogP contribution in [0.4, 0.5) is 0 Å². The Hall–Kier alpha value is -2.36. The fourth-order valence-corrected chi connectivity index (χ4v) is 2.55. The first-order valence-corrected chi connectivity index (χ1v) is 7.62. The number of amides is 1. The third-order valence-corrected chi connectivity index (χ3v) is 3.66. The fourth-order valence-electron chi connectivity index (χ4n) is 2.55. The summed E-state index contributed by atoms with van der Waals surface area (Å²) in [5.41, 5.74) is 0.566. The number of fused-ring (bicyclic) bond motifs is 1. The van der Waals surface area contributed by atoms with Gasteiger partial charge >= 0.3 is 5.97 Å². The number of unbranched alkanes of at least 4 members (excludes halogenated alkanes) is 2. The number of aliphatic carboxylic acids is 1. The zero-order valence-electron chi connectivity index (χ0n) is 12.8. The topological polar surface area (TPSA) is 57.6 Å². The average Bonchev–Trinajstić information content (AvgIpc) is 2.52. The van der Waals surface area contributed by atoms with Gasteiger partial charge in [0.15, 0.2) is 0 Å². The van der Waals surface area contributed by atoms with E-state index in [1.165, 1.54) is 4.90 Å². The SMILES string of the molecule is CCCCCN(CC(=O)O)C(=O)c1cccc2ccccc12. The maximum Gasteiger partial charge on any atom is 0.323 e. The van der Waals surface area contributed by atoms with Gasteiger partial charge in [0.1, 0.15) is 6.54 Å². The van der Waals surface area contributed by atoms with Gasteiger partial charge in [0.05, 0.1) is 0 Å². The van der Waals surface area contributed by atoms with Crippen LogP contribution in [0.5, 0.6) is 0 Å². The molecule has 0 saturated heterocycles. The van der Waals surface area contributed by atoms with E-state index in [0.29, 0.717) is 12.1 Å². The minimum absolute atomic E-state index is 0.213. The van der Waals surface area contributed by atoms with Gasteiger partial charge in [-0.15, -0.1) is 0 Å². The van der Waals surface area contributed by atoms with E-state index in [0.717, 1.165) is 30.0 Å². The number of carbonyl (C=O) groups excluding carboxylic acids is 1. The molecule has 0 aliphatic rings. The maximum absolute atomic E-state index is 12.8. The Bertz CT molecular complexity index is 661. The predicted octanol–water partition coefficient (Wildman–Crippen LogP) is 3.56. The summed E-state index contributed by atoms with van der Waals surface area (Å²) < 4.78 is 0.